The number of carbonyl (C=O) groups is 1. The maximum atomic E-state index is 12.8. The van der Waals surface area contributed by atoms with Crippen LogP contribution < -0.4 is 10.1 Å². The second kappa shape index (κ2) is 8.84. The highest BCUT2D eigenvalue weighted by atomic mass is 19.1. The van der Waals surface area contributed by atoms with E-state index in [1.54, 1.807) is 0 Å². The molecular weight excluding hydrogens is 299 g/mol. The number of rotatable bonds is 7. The summed E-state index contributed by atoms with van der Waals surface area (Å²) in [4.78, 5) is 14.2. The number of ether oxygens (including phenoxy) is 2. The van der Waals surface area contributed by atoms with Crippen LogP contribution >= 0.6 is 0 Å². The molecule has 0 aromatic heterocycles. The molecule has 1 aromatic carbocycles. The van der Waals surface area contributed by atoms with E-state index in [-0.39, 0.29) is 24.4 Å². The van der Waals surface area contributed by atoms with Gasteiger partial charge in [-0.3, -0.25) is 9.69 Å². The zero-order valence-corrected chi connectivity index (χ0v) is 13.8. The van der Waals surface area contributed by atoms with Crippen molar-refractivity contribution in [2.45, 2.75) is 20.0 Å². The number of hydrogen-bond acceptors (Lipinski definition) is 4. The minimum atomic E-state index is -0.331. The van der Waals surface area contributed by atoms with E-state index in [1.807, 2.05) is 0 Å². The Hall–Kier alpha value is -1.66. The molecule has 0 radical (unpaired) electrons. The van der Waals surface area contributed by atoms with Gasteiger partial charge in [0.1, 0.15) is 11.6 Å². The van der Waals surface area contributed by atoms with Crippen LogP contribution in [0.2, 0.25) is 0 Å². The maximum Gasteiger partial charge on any atom is 0.258 e. The molecule has 1 N–H and O–H groups in total. The summed E-state index contributed by atoms with van der Waals surface area (Å²) in [6.07, 6.45) is 0.0114. The van der Waals surface area contributed by atoms with E-state index in [1.165, 1.54) is 24.3 Å². The summed E-state index contributed by atoms with van der Waals surface area (Å²) < 4.78 is 23.8. The number of amides is 1. The van der Waals surface area contributed by atoms with E-state index in [2.05, 4.69) is 24.1 Å². The predicted octanol–water partition coefficient (Wildman–Crippen LogP) is 1.68. The largest absolute Gasteiger partial charge is 0.484 e. The summed E-state index contributed by atoms with van der Waals surface area (Å²) in [7, 11) is 0. The van der Waals surface area contributed by atoms with Crippen molar-refractivity contribution in [3.63, 3.8) is 0 Å². The molecule has 2 rings (SSSR count). The Morgan fingerprint density at radius 1 is 1.43 bits per heavy atom. The first-order chi connectivity index (χ1) is 11.0. The van der Waals surface area contributed by atoms with Crippen molar-refractivity contribution in [2.24, 2.45) is 5.92 Å². The maximum absolute atomic E-state index is 12.8. The number of hydrogen-bond donors (Lipinski definition) is 1. The van der Waals surface area contributed by atoms with Crippen LogP contribution in [0.15, 0.2) is 24.3 Å². The van der Waals surface area contributed by atoms with E-state index in [4.69, 9.17) is 9.47 Å². The predicted molar refractivity (Wildman–Crippen MR) is 85.9 cm³/mol. The van der Waals surface area contributed by atoms with Crippen molar-refractivity contribution in [3.8, 4) is 5.75 Å². The molecule has 1 fully saturated rings. The van der Waals surface area contributed by atoms with Gasteiger partial charge < -0.3 is 14.8 Å². The van der Waals surface area contributed by atoms with Crippen LogP contribution in [-0.2, 0) is 9.53 Å². The van der Waals surface area contributed by atoms with Crippen molar-refractivity contribution in [1.82, 2.24) is 10.2 Å². The van der Waals surface area contributed by atoms with E-state index >= 15 is 0 Å². The molecule has 128 valence electrons. The lowest BCUT2D eigenvalue weighted by atomic mass is 10.2. The highest BCUT2D eigenvalue weighted by Crippen LogP contribution is 2.11. The Morgan fingerprint density at radius 3 is 2.87 bits per heavy atom. The number of halogens is 1. The van der Waals surface area contributed by atoms with Crippen LogP contribution in [0, 0.1) is 11.7 Å². The third-order valence-electron chi connectivity index (χ3n) is 3.56. The van der Waals surface area contributed by atoms with Gasteiger partial charge in [0, 0.05) is 26.2 Å². The van der Waals surface area contributed by atoms with Gasteiger partial charge in [0.15, 0.2) is 6.61 Å². The quantitative estimate of drug-likeness (QED) is 0.829. The second-order valence-electron chi connectivity index (χ2n) is 6.19. The van der Waals surface area contributed by atoms with E-state index in [0.717, 1.165) is 19.6 Å². The molecule has 5 nitrogen and oxygen atoms in total. The molecular formula is C17H25FN2O3. The molecule has 0 spiro atoms. The van der Waals surface area contributed by atoms with E-state index in [0.29, 0.717) is 24.8 Å². The van der Waals surface area contributed by atoms with Crippen LogP contribution in [0.1, 0.15) is 13.8 Å². The van der Waals surface area contributed by atoms with Gasteiger partial charge in [-0.25, -0.2) is 4.39 Å². The lowest BCUT2D eigenvalue weighted by Gasteiger charge is -2.33. The van der Waals surface area contributed by atoms with Gasteiger partial charge >= 0.3 is 0 Å². The molecule has 23 heavy (non-hydrogen) atoms. The van der Waals surface area contributed by atoms with Crippen LogP contribution in [0.25, 0.3) is 0 Å². The molecule has 1 amide bonds. The summed E-state index contributed by atoms with van der Waals surface area (Å²) in [6, 6.07) is 5.59. The Labute approximate surface area is 136 Å². The average Bonchev–Trinajstić information content (AvgIpc) is 2.52. The Morgan fingerprint density at radius 2 is 2.17 bits per heavy atom. The highest BCUT2D eigenvalue weighted by molar-refractivity contribution is 5.77. The third-order valence-corrected chi connectivity index (χ3v) is 3.56. The van der Waals surface area contributed by atoms with E-state index in [9.17, 15) is 9.18 Å². The molecule has 0 saturated carbocycles. The standard InChI is InChI=1S/C17H25FN2O3/c1-13(2)10-20-7-8-22-16(11-20)9-19-17(21)12-23-15-5-3-14(18)4-6-15/h3-6,13,16H,7-12H2,1-2H3,(H,19,21). The van der Waals surface area contributed by atoms with Crippen LogP contribution in [0.5, 0.6) is 5.75 Å². The number of benzene rings is 1. The first kappa shape index (κ1) is 17.7. The first-order valence-electron chi connectivity index (χ1n) is 8.02. The summed E-state index contributed by atoms with van der Waals surface area (Å²) in [5, 5.41) is 2.82. The fraction of sp³-hybridized carbons (Fsp3) is 0.588. The van der Waals surface area contributed by atoms with Crippen LogP contribution in [0.3, 0.4) is 0 Å². The van der Waals surface area contributed by atoms with Crippen molar-refractivity contribution >= 4 is 5.91 Å². The van der Waals surface area contributed by atoms with Crippen molar-refractivity contribution in [1.29, 1.82) is 0 Å². The van der Waals surface area contributed by atoms with Gasteiger partial charge in [-0.15, -0.1) is 0 Å². The minimum absolute atomic E-state index is 0.0114. The molecule has 1 aliphatic rings. The average molecular weight is 324 g/mol. The molecule has 1 saturated heterocycles. The number of nitrogens with one attached hydrogen (secondary N) is 1. The second-order valence-corrected chi connectivity index (χ2v) is 6.19. The number of nitrogens with zero attached hydrogens (tertiary/aromatic N) is 1. The lowest BCUT2D eigenvalue weighted by Crippen LogP contribution is -2.48. The summed E-state index contributed by atoms with van der Waals surface area (Å²) in [6.45, 7) is 8.28. The normalized spacial score (nSPS) is 18.9. The van der Waals surface area contributed by atoms with Crippen LogP contribution in [-0.4, -0.2) is 56.3 Å². The van der Waals surface area contributed by atoms with Gasteiger partial charge in [0.25, 0.3) is 5.91 Å². The van der Waals surface area contributed by atoms with Gasteiger partial charge in [-0.1, -0.05) is 13.8 Å². The third kappa shape index (κ3) is 6.54. The van der Waals surface area contributed by atoms with Gasteiger partial charge in [-0.2, -0.15) is 0 Å². The first-order valence-corrected chi connectivity index (χ1v) is 8.02. The molecule has 1 aromatic rings. The van der Waals surface area contributed by atoms with Gasteiger partial charge in [0.2, 0.25) is 0 Å². The molecule has 6 heteroatoms. The molecule has 1 atom stereocenters. The lowest BCUT2D eigenvalue weighted by molar-refractivity contribution is -0.124. The van der Waals surface area contributed by atoms with Crippen molar-refractivity contribution in [3.05, 3.63) is 30.1 Å². The molecule has 0 aliphatic carbocycles. The zero-order valence-electron chi connectivity index (χ0n) is 13.8. The van der Waals surface area contributed by atoms with Gasteiger partial charge in [0.05, 0.1) is 12.7 Å². The fourth-order valence-electron chi connectivity index (χ4n) is 2.54. The SMILES string of the molecule is CC(C)CN1CCOC(CNC(=O)COc2ccc(F)cc2)C1. The summed E-state index contributed by atoms with van der Waals surface area (Å²) in [5.74, 6) is 0.548. The fourth-order valence-corrected chi connectivity index (χ4v) is 2.54. The van der Waals surface area contributed by atoms with Crippen molar-refractivity contribution < 1.29 is 18.7 Å². The Balaban J connectivity index is 1.66. The minimum Gasteiger partial charge on any atom is -0.484 e. The molecule has 1 heterocycles. The van der Waals surface area contributed by atoms with Crippen LogP contribution in [0.4, 0.5) is 4.39 Å². The molecule has 0 bridgehead atoms. The Kier molecular flexibility index (Phi) is 6.80. The number of morpholine rings is 1. The summed E-state index contributed by atoms with van der Waals surface area (Å²) in [5.41, 5.74) is 0. The molecule has 1 aliphatic heterocycles. The van der Waals surface area contributed by atoms with Gasteiger partial charge in [-0.05, 0) is 30.2 Å². The Bertz CT molecular complexity index is 493. The number of carbonyl (C=O) groups excluding carboxylic acids is 1. The monoisotopic (exact) mass is 324 g/mol. The zero-order chi connectivity index (χ0) is 16.7. The summed E-state index contributed by atoms with van der Waals surface area (Å²) >= 11 is 0. The topological polar surface area (TPSA) is 50.8 Å². The van der Waals surface area contributed by atoms with Crippen molar-refractivity contribution in [2.75, 3.05) is 39.4 Å². The van der Waals surface area contributed by atoms with E-state index < -0.39 is 0 Å². The molecule has 1 unspecified atom stereocenters. The smallest absolute Gasteiger partial charge is 0.258 e. The highest BCUT2D eigenvalue weighted by Gasteiger charge is 2.21.